The van der Waals surface area contributed by atoms with Crippen molar-refractivity contribution in [3.63, 3.8) is 0 Å². The zero-order chi connectivity index (χ0) is 23.4. The molecule has 178 valence electrons. The molecule has 2 aliphatic carbocycles. The summed E-state index contributed by atoms with van der Waals surface area (Å²) < 4.78 is 16.4. The lowest BCUT2D eigenvalue weighted by molar-refractivity contribution is 0.0951. The molecule has 1 amide bonds. The summed E-state index contributed by atoms with van der Waals surface area (Å²) in [7, 11) is 6.77. The van der Waals surface area contributed by atoms with Gasteiger partial charge in [-0.25, -0.2) is 9.97 Å². The second-order valence-electron chi connectivity index (χ2n) is 8.90. The molecular formula is C25H34N4O4. The van der Waals surface area contributed by atoms with Crippen molar-refractivity contribution in [1.82, 2.24) is 15.3 Å². The Morgan fingerprint density at radius 1 is 1.03 bits per heavy atom. The first-order chi connectivity index (χ1) is 16.0. The van der Waals surface area contributed by atoms with Crippen molar-refractivity contribution in [1.29, 1.82) is 0 Å². The lowest BCUT2D eigenvalue weighted by Gasteiger charge is -2.33. The molecule has 2 aliphatic rings. The molecule has 1 N–H and O–H groups in total. The lowest BCUT2D eigenvalue weighted by Crippen LogP contribution is -2.36. The van der Waals surface area contributed by atoms with Crippen LogP contribution in [0.3, 0.4) is 0 Å². The van der Waals surface area contributed by atoms with Crippen LogP contribution in [0.2, 0.25) is 0 Å². The topological polar surface area (TPSA) is 85.8 Å². The molecule has 2 aromatic rings. The van der Waals surface area contributed by atoms with Gasteiger partial charge in [-0.05, 0) is 43.7 Å². The fourth-order valence-corrected chi connectivity index (χ4v) is 4.45. The first-order valence-corrected chi connectivity index (χ1v) is 11.7. The maximum atomic E-state index is 13.0. The Morgan fingerprint density at radius 2 is 1.70 bits per heavy atom. The highest BCUT2D eigenvalue weighted by atomic mass is 16.5. The van der Waals surface area contributed by atoms with E-state index in [1.54, 1.807) is 27.5 Å². The SMILES string of the molecule is COc1cc(-c2ncc(C(=O)NCC3CC3)c(N(C)C3CCCCC3)n2)cc(OC)c1OC. The number of nitrogens with one attached hydrogen (secondary N) is 1. The van der Waals surface area contributed by atoms with Gasteiger partial charge in [-0.15, -0.1) is 0 Å². The van der Waals surface area contributed by atoms with Crippen molar-refractivity contribution in [3.8, 4) is 28.6 Å². The van der Waals surface area contributed by atoms with Gasteiger partial charge in [0.25, 0.3) is 5.91 Å². The summed E-state index contributed by atoms with van der Waals surface area (Å²) in [4.78, 5) is 24.7. The van der Waals surface area contributed by atoms with Gasteiger partial charge in [0.2, 0.25) is 5.75 Å². The minimum Gasteiger partial charge on any atom is -0.493 e. The van der Waals surface area contributed by atoms with Crippen LogP contribution in [0.1, 0.15) is 55.3 Å². The molecule has 1 aromatic carbocycles. The molecule has 0 aliphatic heterocycles. The predicted molar refractivity (Wildman–Crippen MR) is 127 cm³/mol. The van der Waals surface area contributed by atoms with E-state index in [1.165, 1.54) is 32.1 Å². The van der Waals surface area contributed by atoms with Crippen LogP contribution >= 0.6 is 0 Å². The van der Waals surface area contributed by atoms with Gasteiger partial charge >= 0.3 is 0 Å². The van der Waals surface area contributed by atoms with E-state index in [0.29, 0.717) is 53.0 Å². The Balaban J connectivity index is 1.73. The minimum absolute atomic E-state index is 0.115. The van der Waals surface area contributed by atoms with Gasteiger partial charge in [0.05, 0.1) is 21.3 Å². The third-order valence-electron chi connectivity index (χ3n) is 6.64. The summed E-state index contributed by atoms with van der Waals surface area (Å²) in [5.41, 5.74) is 1.24. The van der Waals surface area contributed by atoms with Crippen molar-refractivity contribution in [2.75, 3.05) is 39.8 Å². The van der Waals surface area contributed by atoms with Crippen LogP contribution in [0.4, 0.5) is 5.82 Å². The molecule has 2 fully saturated rings. The number of benzene rings is 1. The average Bonchev–Trinajstić information content (AvgIpc) is 3.70. The molecule has 0 atom stereocenters. The summed E-state index contributed by atoms with van der Waals surface area (Å²) >= 11 is 0. The number of anilines is 1. The van der Waals surface area contributed by atoms with Crippen LogP contribution in [0, 0.1) is 5.92 Å². The highest BCUT2D eigenvalue weighted by Crippen LogP contribution is 2.41. The second kappa shape index (κ2) is 10.3. The van der Waals surface area contributed by atoms with Gasteiger partial charge in [-0.1, -0.05) is 19.3 Å². The first-order valence-electron chi connectivity index (χ1n) is 11.7. The van der Waals surface area contributed by atoms with E-state index >= 15 is 0 Å². The number of carbonyl (C=O) groups excluding carboxylic acids is 1. The Morgan fingerprint density at radius 3 is 2.27 bits per heavy atom. The molecule has 0 spiro atoms. The quantitative estimate of drug-likeness (QED) is 0.611. The maximum Gasteiger partial charge on any atom is 0.256 e. The molecule has 33 heavy (non-hydrogen) atoms. The molecular weight excluding hydrogens is 420 g/mol. The number of nitrogens with zero attached hydrogens (tertiary/aromatic N) is 3. The zero-order valence-electron chi connectivity index (χ0n) is 20.0. The molecule has 1 heterocycles. The molecule has 0 radical (unpaired) electrons. The van der Waals surface area contributed by atoms with Crippen molar-refractivity contribution in [2.24, 2.45) is 5.92 Å². The van der Waals surface area contributed by atoms with Gasteiger partial charge < -0.3 is 24.4 Å². The van der Waals surface area contributed by atoms with Crippen molar-refractivity contribution in [2.45, 2.75) is 51.0 Å². The largest absolute Gasteiger partial charge is 0.493 e. The van der Waals surface area contributed by atoms with E-state index in [9.17, 15) is 4.79 Å². The van der Waals surface area contributed by atoms with Gasteiger partial charge in [-0.3, -0.25) is 4.79 Å². The van der Waals surface area contributed by atoms with Crippen LogP contribution in [0.25, 0.3) is 11.4 Å². The third kappa shape index (κ3) is 5.15. The number of hydrogen-bond acceptors (Lipinski definition) is 7. The van der Waals surface area contributed by atoms with Crippen LogP contribution in [-0.2, 0) is 0 Å². The molecule has 1 aromatic heterocycles. The highest BCUT2D eigenvalue weighted by Gasteiger charge is 2.27. The summed E-state index contributed by atoms with van der Waals surface area (Å²) in [6, 6.07) is 4.01. The number of amides is 1. The minimum atomic E-state index is -0.115. The highest BCUT2D eigenvalue weighted by molar-refractivity contribution is 5.99. The van der Waals surface area contributed by atoms with Gasteiger partial charge in [0.1, 0.15) is 11.4 Å². The summed E-state index contributed by atoms with van der Waals surface area (Å²) in [5, 5.41) is 3.07. The van der Waals surface area contributed by atoms with Crippen LogP contribution in [-0.4, -0.2) is 56.8 Å². The average molecular weight is 455 g/mol. The van der Waals surface area contributed by atoms with E-state index in [-0.39, 0.29) is 5.91 Å². The normalized spacial score (nSPS) is 16.2. The number of ether oxygens (including phenoxy) is 3. The van der Waals surface area contributed by atoms with Crippen molar-refractivity contribution >= 4 is 11.7 Å². The molecule has 0 unspecified atom stereocenters. The van der Waals surface area contributed by atoms with E-state index in [0.717, 1.165) is 18.4 Å². The molecule has 4 rings (SSSR count). The molecule has 2 saturated carbocycles. The molecule has 0 bridgehead atoms. The fraction of sp³-hybridized carbons (Fsp3) is 0.560. The third-order valence-corrected chi connectivity index (χ3v) is 6.64. The number of aromatic nitrogens is 2. The maximum absolute atomic E-state index is 13.0. The second-order valence-corrected chi connectivity index (χ2v) is 8.90. The van der Waals surface area contributed by atoms with Gasteiger partial charge in [-0.2, -0.15) is 0 Å². The number of rotatable bonds is 9. The van der Waals surface area contributed by atoms with E-state index in [1.807, 2.05) is 19.2 Å². The van der Waals surface area contributed by atoms with E-state index in [2.05, 4.69) is 15.2 Å². The summed E-state index contributed by atoms with van der Waals surface area (Å²) in [5.74, 6) is 3.23. The summed E-state index contributed by atoms with van der Waals surface area (Å²) in [6.45, 7) is 0.708. The van der Waals surface area contributed by atoms with Crippen molar-refractivity contribution < 1.29 is 19.0 Å². The monoisotopic (exact) mass is 454 g/mol. The Hall–Kier alpha value is -3.03. The zero-order valence-corrected chi connectivity index (χ0v) is 20.0. The lowest BCUT2D eigenvalue weighted by atomic mass is 9.94. The number of hydrogen-bond donors (Lipinski definition) is 1. The Labute approximate surface area is 195 Å². The summed E-state index contributed by atoms with van der Waals surface area (Å²) in [6.07, 6.45) is 9.87. The van der Waals surface area contributed by atoms with Crippen LogP contribution in [0.15, 0.2) is 18.3 Å². The number of methoxy groups -OCH3 is 3. The van der Waals surface area contributed by atoms with Crippen LogP contribution < -0.4 is 24.4 Å². The molecule has 8 nitrogen and oxygen atoms in total. The predicted octanol–water partition coefficient (Wildman–Crippen LogP) is 4.08. The fourth-order valence-electron chi connectivity index (χ4n) is 4.45. The van der Waals surface area contributed by atoms with Crippen molar-refractivity contribution in [3.05, 3.63) is 23.9 Å². The van der Waals surface area contributed by atoms with Gasteiger partial charge in [0, 0.05) is 31.4 Å². The van der Waals surface area contributed by atoms with E-state index < -0.39 is 0 Å². The molecule has 0 saturated heterocycles. The Kier molecular flexibility index (Phi) is 7.20. The number of carbonyl (C=O) groups is 1. The van der Waals surface area contributed by atoms with Gasteiger partial charge in [0.15, 0.2) is 17.3 Å². The molecule has 8 heteroatoms. The van der Waals surface area contributed by atoms with Crippen LogP contribution in [0.5, 0.6) is 17.2 Å². The Bertz CT molecular complexity index is 961. The standard InChI is InChI=1S/C25H34N4O4/c1-29(18-8-6-5-7-9-18)24-19(25(30)27-14-16-10-11-16)15-26-23(28-24)17-12-20(31-2)22(33-4)21(13-17)32-3/h12-13,15-16,18H,5-11,14H2,1-4H3,(H,27,30). The smallest absolute Gasteiger partial charge is 0.256 e. The van der Waals surface area contributed by atoms with E-state index in [4.69, 9.17) is 19.2 Å². The first kappa shape index (κ1) is 23.1.